The lowest BCUT2D eigenvalue weighted by atomic mass is 9.87. The molecular formula is C11H16Cl2. The van der Waals surface area contributed by atoms with Gasteiger partial charge in [0.1, 0.15) is 0 Å². The third-order valence-electron chi connectivity index (χ3n) is 1.71. The van der Waals surface area contributed by atoms with Gasteiger partial charge in [-0.05, 0) is 23.1 Å². The second-order valence-electron chi connectivity index (χ2n) is 3.85. The molecule has 0 aromatic heterocycles. The maximum Gasteiger partial charge on any atom is 0.0458 e. The quantitative estimate of drug-likeness (QED) is 0.580. The first-order valence-corrected chi connectivity index (χ1v) is 4.63. The molecule has 0 bridgehead atoms. The molecule has 0 aliphatic rings. The fraction of sp³-hybridized carbons (Fsp3) is 0.455. The highest BCUT2D eigenvalue weighted by Gasteiger charge is 2.19. The van der Waals surface area contributed by atoms with E-state index in [0.717, 1.165) is 15.6 Å². The van der Waals surface area contributed by atoms with E-state index in [1.807, 2.05) is 18.2 Å². The molecule has 0 aliphatic carbocycles. The van der Waals surface area contributed by atoms with Crippen LogP contribution in [0.2, 0.25) is 10.0 Å². The Labute approximate surface area is 90.9 Å². The molecule has 1 aromatic carbocycles. The van der Waals surface area contributed by atoms with Crippen molar-refractivity contribution in [1.29, 1.82) is 0 Å². The number of rotatable bonds is 0. The smallest absolute Gasteiger partial charge is 0.0458 e. The molecule has 0 aliphatic heterocycles. The maximum atomic E-state index is 6.03. The van der Waals surface area contributed by atoms with Crippen LogP contribution in [-0.2, 0) is 5.41 Å². The number of hydrogen-bond donors (Lipinski definition) is 0. The molecule has 0 atom stereocenters. The average Bonchev–Trinajstić information content (AvgIpc) is 1.82. The summed E-state index contributed by atoms with van der Waals surface area (Å²) < 4.78 is 0. The van der Waals surface area contributed by atoms with Gasteiger partial charge >= 0.3 is 0 Å². The Bertz CT molecular complexity index is 264. The van der Waals surface area contributed by atoms with Gasteiger partial charge in [0.2, 0.25) is 0 Å². The molecule has 0 saturated heterocycles. The molecule has 0 amide bonds. The first kappa shape index (κ1) is 12.8. The van der Waals surface area contributed by atoms with Crippen LogP contribution in [0.5, 0.6) is 0 Å². The monoisotopic (exact) mass is 218 g/mol. The molecule has 1 rings (SSSR count). The van der Waals surface area contributed by atoms with Gasteiger partial charge in [-0.1, -0.05) is 57.5 Å². The van der Waals surface area contributed by atoms with Crippen molar-refractivity contribution in [3.63, 3.8) is 0 Å². The fourth-order valence-corrected chi connectivity index (χ4v) is 2.18. The van der Waals surface area contributed by atoms with Crippen molar-refractivity contribution in [2.75, 3.05) is 0 Å². The highest BCUT2D eigenvalue weighted by molar-refractivity contribution is 6.36. The fourth-order valence-electron chi connectivity index (χ4n) is 1.21. The van der Waals surface area contributed by atoms with Crippen LogP contribution in [0.1, 0.15) is 33.8 Å². The second kappa shape index (κ2) is 4.34. The Kier molecular flexibility index (Phi) is 4.28. The van der Waals surface area contributed by atoms with Crippen LogP contribution in [0, 0.1) is 0 Å². The van der Waals surface area contributed by atoms with Gasteiger partial charge in [0.05, 0.1) is 0 Å². The van der Waals surface area contributed by atoms with Crippen molar-refractivity contribution in [3.05, 3.63) is 33.8 Å². The lowest BCUT2D eigenvalue weighted by Gasteiger charge is -2.21. The molecule has 0 radical (unpaired) electrons. The zero-order valence-corrected chi connectivity index (χ0v) is 9.00. The minimum Gasteiger partial charge on any atom is -0.0840 e. The van der Waals surface area contributed by atoms with E-state index in [0.29, 0.717) is 0 Å². The molecule has 0 spiro atoms. The summed E-state index contributed by atoms with van der Waals surface area (Å²) in [5, 5.41) is 1.49. The summed E-state index contributed by atoms with van der Waals surface area (Å²) in [6.07, 6.45) is 0. The van der Waals surface area contributed by atoms with E-state index in [1.165, 1.54) is 0 Å². The van der Waals surface area contributed by atoms with Gasteiger partial charge in [0.15, 0.2) is 0 Å². The van der Waals surface area contributed by atoms with Crippen LogP contribution >= 0.6 is 23.2 Å². The summed E-state index contributed by atoms with van der Waals surface area (Å²) in [6.45, 7) is 6.29. The molecule has 1 aromatic rings. The average molecular weight is 219 g/mol. The van der Waals surface area contributed by atoms with Crippen LogP contribution in [0.3, 0.4) is 0 Å². The Morgan fingerprint density at radius 3 is 1.62 bits per heavy atom. The molecule has 0 unspecified atom stereocenters. The molecule has 74 valence electrons. The zero-order chi connectivity index (χ0) is 9.35. The summed E-state index contributed by atoms with van der Waals surface area (Å²) in [5.74, 6) is 0. The van der Waals surface area contributed by atoms with Crippen molar-refractivity contribution in [2.24, 2.45) is 0 Å². The predicted octanol–water partition coefficient (Wildman–Crippen LogP) is 4.93. The molecule has 0 N–H and O–H groups in total. The van der Waals surface area contributed by atoms with Gasteiger partial charge in [-0.15, -0.1) is 0 Å². The van der Waals surface area contributed by atoms with E-state index in [-0.39, 0.29) is 12.8 Å². The molecular weight excluding hydrogens is 203 g/mol. The molecule has 0 fully saturated rings. The Morgan fingerprint density at radius 1 is 1.00 bits per heavy atom. The third-order valence-corrected chi connectivity index (χ3v) is 2.34. The van der Waals surface area contributed by atoms with Gasteiger partial charge in [-0.3, -0.25) is 0 Å². The molecule has 13 heavy (non-hydrogen) atoms. The van der Waals surface area contributed by atoms with Gasteiger partial charge in [0.25, 0.3) is 0 Å². The zero-order valence-electron chi connectivity index (χ0n) is 7.49. The summed E-state index contributed by atoms with van der Waals surface area (Å²) in [7, 11) is 0. The van der Waals surface area contributed by atoms with Crippen LogP contribution in [-0.4, -0.2) is 0 Å². The van der Waals surface area contributed by atoms with E-state index < -0.39 is 0 Å². The van der Waals surface area contributed by atoms with E-state index in [9.17, 15) is 0 Å². The lowest BCUT2D eigenvalue weighted by molar-refractivity contribution is 0.591. The minimum absolute atomic E-state index is 0. The standard InChI is InChI=1S/C10H12Cl2.CH4/c1-10(2,3)9-7(11)5-4-6-8(9)12;/h4-6H,1-3H3;1H4. The molecule has 0 heterocycles. The van der Waals surface area contributed by atoms with Crippen LogP contribution in [0.4, 0.5) is 0 Å². The number of halogens is 2. The summed E-state index contributed by atoms with van der Waals surface area (Å²) in [6, 6.07) is 5.60. The highest BCUT2D eigenvalue weighted by Crippen LogP contribution is 2.34. The van der Waals surface area contributed by atoms with Crippen molar-refractivity contribution in [1.82, 2.24) is 0 Å². The van der Waals surface area contributed by atoms with Crippen LogP contribution in [0.15, 0.2) is 18.2 Å². The normalized spacial score (nSPS) is 10.8. The third kappa shape index (κ3) is 2.89. The predicted molar refractivity (Wildman–Crippen MR) is 61.9 cm³/mol. The first-order chi connectivity index (χ1) is 5.43. The SMILES string of the molecule is C.CC(C)(C)c1c(Cl)cccc1Cl. The summed E-state index contributed by atoms with van der Waals surface area (Å²) in [5.41, 5.74) is 1.03. The first-order valence-electron chi connectivity index (χ1n) is 3.87. The second-order valence-corrected chi connectivity index (χ2v) is 4.66. The Hall–Kier alpha value is -0.200. The Morgan fingerprint density at radius 2 is 1.38 bits per heavy atom. The number of hydrogen-bond acceptors (Lipinski definition) is 0. The summed E-state index contributed by atoms with van der Waals surface area (Å²) in [4.78, 5) is 0. The van der Waals surface area contributed by atoms with Crippen LogP contribution < -0.4 is 0 Å². The molecule has 0 saturated carbocycles. The van der Waals surface area contributed by atoms with Crippen molar-refractivity contribution < 1.29 is 0 Å². The largest absolute Gasteiger partial charge is 0.0840 e. The number of benzene rings is 1. The van der Waals surface area contributed by atoms with Crippen molar-refractivity contribution >= 4 is 23.2 Å². The van der Waals surface area contributed by atoms with E-state index in [2.05, 4.69) is 20.8 Å². The van der Waals surface area contributed by atoms with E-state index in [4.69, 9.17) is 23.2 Å². The van der Waals surface area contributed by atoms with Crippen molar-refractivity contribution in [3.8, 4) is 0 Å². The topological polar surface area (TPSA) is 0 Å². The minimum atomic E-state index is 0. The molecule has 2 heteroatoms. The van der Waals surface area contributed by atoms with Gasteiger partial charge in [0, 0.05) is 10.0 Å². The van der Waals surface area contributed by atoms with E-state index in [1.54, 1.807) is 0 Å². The van der Waals surface area contributed by atoms with Crippen LogP contribution in [0.25, 0.3) is 0 Å². The lowest BCUT2D eigenvalue weighted by Crippen LogP contribution is -2.12. The van der Waals surface area contributed by atoms with Gasteiger partial charge < -0.3 is 0 Å². The highest BCUT2D eigenvalue weighted by atomic mass is 35.5. The Balaban J connectivity index is 0.00000144. The molecule has 0 nitrogen and oxygen atoms in total. The van der Waals surface area contributed by atoms with Gasteiger partial charge in [-0.25, -0.2) is 0 Å². The van der Waals surface area contributed by atoms with E-state index >= 15 is 0 Å². The maximum absolute atomic E-state index is 6.03. The van der Waals surface area contributed by atoms with Crippen molar-refractivity contribution in [2.45, 2.75) is 33.6 Å². The summed E-state index contributed by atoms with van der Waals surface area (Å²) >= 11 is 12.1. The van der Waals surface area contributed by atoms with Gasteiger partial charge in [-0.2, -0.15) is 0 Å².